The molecule has 116 valence electrons. The summed E-state index contributed by atoms with van der Waals surface area (Å²) < 4.78 is 5.34. The second-order valence-corrected chi connectivity index (χ2v) is 7.00. The van der Waals surface area contributed by atoms with Crippen molar-refractivity contribution in [2.24, 2.45) is 17.8 Å². The highest BCUT2D eigenvalue weighted by Gasteiger charge is 2.40. The van der Waals surface area contributed by atoms with Crippen molar-refractivity contribution in [2.75, 3.05) is 13.7 Å². The van der Waals surface area contributed by atoms with Gasteiger partial charge in [-0.25, -0.2) is 0 Å². The van der Waals surface area contributed by atoms with Crippen molar-refractivity contribution in [3.05, 3.63) is 29.3 Å². The third-order valence-electron chi connectivity index (χ3n) is 5.73. The average molecular weight is 287 g/mol. The second kappa shape index (κ2) is 6.39. The van der Waals surface area contributed by atoms with E-state index >= 15 is 0 Å². The van der Waals surface area contributed by atoms with E-state index in [9.17, 15) is 0 Å². The fourth-order valence-electron chi connectivity index (χ4n) is 4.70. The molecule has 0 saturated heterocycles. The molecule has 0 radical (unpaired) electrons. The molecule has 1 aromatic rings. The van der Waals surface area contributed by atoms with Gasteiger partial charge < -0.3 is 10.1 Å². The van der Waals surface area contributed by atoms with Gasteiger partial charge in [0.25, 0.3) is 0 Å². The molecule has 2 nitrogen and oxygen atoms in total. The zero-order valence-electron chi connectivity index (χ0n) is 13.7. The number of fused-ring (bicyclic) bond motifs is 2. The lowest BCUT2D eigenvalue weighted by Gasteiger charge is -2.28. The third kappa shape index (κ3) is 3.11. The highest BCUT2D eigenvalue weighted by atomic mass is 16.5. The molecular weight excluding hydrogens is 258 g/mol. The Kier molecular flexibility index (Phi) is 4.54. The molecule has 2 saturated carbocycles. The first-order chi connectivity index (χ1) is 10.2. The summed E-state index contributed by atoms with van der Waals surface area (Å²) in [7, 11) is 1.74. The van der Waals surface area contributed by atoms with E-state index in [2.05, 4.69) is 37.4 Å². The van der Waals surface area contributed by atoms with Crippen LogP contribution in [0.3, 0.4) is 0 Å². The SMILES string of the molecule is CCNC(CC1CC2CCC1C2)c1ccc(OC)cc1C. The van der Waals surface area contributed by atoms with E-state index in [0.717, 1.165) is 30.0 Å². The largest absolute Gasteiger partial charge is 0.497 e. The lowest BCUT2D eigenvalue weighted by molar-refractivity contribution is 0.280. The van der Waals surface area contributed by atoms with Crippen LogP contribution in [-0.4, -0.2) is 13.7 Å². The molecule has 0 heterocycles. The van der Waals surface area contributed by atoms with Crippen LogP contribution in [0.15, 0.2) is 18.2 Å². The fraction of sp³-hybridized carbons (Fsp3) is 0.684. The second-order valence-electron chi connectivity index (χ2n) is 7.00. The predicted octanol–water partition coefficient (Wildman–Crippen LogP) is 4.48. The van der Waals surface area contributed by atoms with Gasteiger partial charge in [0.1, 0.15) is 5.75 Å². The smallest absolute Gasteiger partial charge is 0.119 e. The standard InChI is InChI=1S/C19H29NO/c1-4-20-19(12-16-11-14-5-6-15(16)10-14)18-8-7-17(21-3)9-13(18)2/h7-9,14-16,19-20H,4-6,10-12H2,1-3H3. The molecule has 21 heavy (non-hydrogen) atoms. The van der Waals surface area contributed by atoms with Crippen LogP contribution >= 0.6 is 0 Å². The van der Waals surface area contributed by atoms with Crippen molar-refractivity contribution in [3.63, 3.8) is 0 Å². The van der Waals surface area contributed by atoms with Gasteiger partial charge in [0.05, 0.1) is 7.11 Å². The predicted molar refractivity (Wildman–Crippen MR) is 87.7 cm³/mol. The minimum Gasteiger partial charge on any atom is -0.497 e. The van der Waals surface area contributed by atoms with Crippen molar-refractivity contribution in [2.45, 2.75) is 52.0 Å². The maximum atomic E-state index is 5.34. The molecule has 0 amide bonds. The van der Waals surface area contributed by atoms with Crippen LogP contribution in [0.5, 0.6) is 5.75 Å². The monoisotopic (exact) mass is 287 g/mol. The van der Waals surface area contributed by atoms with E-state index in [4.69, 9.17) is 4.74 Å². The van der Waals surface area contributed by atoms with Gasteiger partial charge in [-0.05, 0) is 80.2 Å². The summed E-state index contributed by atoms with van der Waals surface area (Å²) >= 11 is 0. The number of ether oxygens (including phenoxy) is 1. The molecule has 1 N–H and O–H groups in total. The molecule has 2 aliphatic rings. The molecule has 3 rings (SSSR count). The Morgan fingerprint density at radius 1 is 1.29 bits per heavy atom. The van der Waals surface area contributed by atoms with Crippen molar-refractivity contribution in [1.29, 1.82) is 0 Å². The number of hydrogen-bond acceptors (Lipinski definition) is 2. The van der Waals surface area contributed by atoms with E-state index in [-0.39, 0.29) is 0 Å². The molecule has 0 aliphatic heterocycles. The summed E-state index contributed by atoms with van der Waals surface area (Å²) in [6, 6.07) is 7.04. The summed E-state index contributed by atoms with van der Waals surface area (Å²) in [5.41, 5.74) is 2.81. The summed E-state index contributed by atoms with van der Waals surface area (Å²) in [4.78, 5) is 0. The highest BCUT2D eigenvalue weighted by Crippen LogP contribution is 2.51. The van der Waals surface area contributed by atoms with Gasteiger partial charge in [0, 0.05) is 6.04 Å². The van der Waals surface area contributed by atoms with Crippen LogP contribution in [0.2, 0.25) is 0 Å². The zero-order chi connectivity index (χ0) is 14.8. The Balaban J connectivity index is 1.74. The molecule has 1 aromatic carbocycles. The summed E-state index contributed by atoms with van der Waals surface area (Å²) in [5.74, 6) is 3.95. The number of benzene rings is 1. The van der Waals surface area contributed by atoms with Crippen LogP contribution in [0.25, 0.3) is 0 Å². The van der Waals surface area contributed by atoms with Crippen molar-refractivity contribution in [1.82, 2.24) is 5.32 Å². The number of aryl methyl sites for hydroxylation is 1. The van der Waals surface area contributed by atoms with Crippen molar-refractivity contribution < 1.29 is 4.74 Å². The highest BCUT2D eigenvalue weighted by molar-refractivity contribution is 5.36. The summed E-state index contributed by atoms with van der Waals surface area (Å²) in [5, 5.41) is 3.72. The van der Waals surface area contributed by atoms with Gasteiger partial charge in [-0.15, -0.1) is 0 Å². The topological polar surface area (TPSA) is 21.3 Å². The Morgan fingerprint density at radius 2 is 2.14 bits per heavy atom. The first kappa shape index (κ1) is 14.9. The maximum Gasteiger partial charge on any atom is 0.119 e. The fourth-order valence-corrected chi connectivity index (χ4v) is 4.70. The molecule has 2 heteroatoms. The van der Waals surface area contributed by atoms with Crippen LogP contribution in [0.1, 0.15) is 56.2 Å². The Bertz CT molecular complexity index is 484. The Morgan fingerprint density at radius 3 is 2.71 bits per heavy atom. The number of hydrogen-bond donors (Lipinski definition) is 1. The van der Waals surface area contributed by atoms with E-state index in [1.54, 1.807) is 7.11 Å². The van der Waals surface area contributed by atoms with Crippen LogP contribution in [0.4, 0.5) is 0 Å². The normalized spacial score (nSPS) is 28.8. The Labute approximate surface area is 129 Å². The minimum atomic E-state index is 0.505. The minimum absolute atomic E-state index is 0.505. The number of rotatable bonds is 6. The van der Waals surface area contributed by atoms with Gasteiger partial charge in [-0.1, -0.05) is 19.4 Å². The molecule has 2 aliphatic carbocycles. The van der Waals surface area contributed by atoms with Gasteiger partial charge in [0.15, 0.2) is 0 Å². The first-order valence-corrected chi connectivity index (χ1v) is 8.59. The molecule has 2 fully saturated rings. The third-order valence-corrected chi connectivity index (χ3v) is 5.73. The van der Waals surface area contributed by atoms with E-state index < -0.39 is 0 Å². The van der Waals surface area contributed by atoms with Crippen LogP contribution in [0, 0.1) is 24.7 Å². The summed E-state index contributed by atoms with van der Waals surface area (Å²) in [6.45, 7) is 5.46. The summed E-state index contributed by atoms with van der Waals surface area (Å²) in [6.07, 6.45) is 7.26. The number of methoxy groups -OCH3 is 1. The van der Waals surface area contributed by atoms with Crippen molar-refractivity contribution >= 4 is 0 Å². The maximum absolute atomic E-state index is 5.34. The molecule has 0 spiro atoms. The molecule has 2 bridgehead atoms. The Hall–Kier alpha value is -1.02. The van der Waals surface area contributed by atoms with Crippen LogP contribution < -0.4 is 10.1 Å². The van der Waals surface area contributed by atoms with E-state index in [0.29, 0.717) is 6.04 Å². The van der Waals surface area contributed by atoms with Gasteiger partial charge in [0.2, 0.25) is 0 Å². The van der Waals surface area contributed by atoms with Gasteiger partial charge in [-0.3, -0.25) is 0 Å². The number of nitrogens with one attached hydrogen (secondary N) is 1. The lowest BCUT2D eigenvalue weighted by Crippen LogP contribution is -2.26. The van der Waals surface area contributed by atoms with E-state index in [1.807, 2.05) is 0 Å². The quantitative estimate of drug-likeness (QED) is 0.833. The molecule has 4 atom stereocenters. The van der Waals surface area contributed by atoms with Gasteiger partial charge >= 0.3 is 0 Å². The lowest BCUT2D eigenvalue weighted by atomic mass is 9.82. The molecule has 4 unspecified atom stereocenters. The van der Waals surface area contributed by atoms with Crippen LogP contribution in [-0.2, 0) is 0 Å². The first-order valence-electron chi connectivity index (χ1n) is 8.59. The molecule has 0 aromatic heterocycles. The van der Waals surface area contributed by atoms with Crippen molar-refractivity contribution in [3.8, 4) is 5.75 Å². The molecular formula is C19H29NO. The van der Waals surface area contributed by atoms with E-state index in [1.165, 1.54) is 43.2 Å². The zero-order valence-corrected chi connectivity index (χ0v) is 13.7. The van der Waals surface area contributed by atoms with Gasteiger partial charge in [-0.2, -0.15) is 0 Å². The average Bonchev–Trinajstić information content (AvgIpc) is 3.09.